The van der Waals surface area contributed by atoms with Crippen molar-refractivity contribution in [2.45, 2.75) is 38.7 Å². The lowest BCUT2D eigenvalue weighted by Crippen LogP contribution is -2.39. The number of fused-ring (bicyclic) bond motifs is 1. The molecule has 144 valence electrons. The number of nitrogens with zero attached hydrogens (tertiary/aromatic N) is 1. The molecule has 4 nitrogen and oxygen atoms in total. The molecule has 1 aliphatic rings. The molecule has 0 spiro atoms. The van der Waals surface area contributed by atoms with Gasteiger partial charge in [-0.2, -0.15) is 0 Å². The summed E-state index contributed by atoms with van der Waals surface area (Å²) < 4.78 is 19.3. The summed E-state index contributed by atoms with van der Waals surface area (Å²) in [4.78, 5) is 14.8. The van der Waals surface area contributed by atoms with Crippen LogP contribution in [0.2, 0.25) is 0 Å². The van der Waals surface area contributed by atoms with E-state index in [4.69, 9.17) is 4.74 Å². The molecule has 2 aromatic carbocycles. The Balaban J connectivity index is 1.46. The van der Waals surface area contributed by atoms with Crippen molar-refractivity contribution >= 4 is 11.6 Å². The Kier molecular flexibility index (Phi) is 6.69. The van der Waals surface area contributed by atoms with Crippen LogP contribution in [0, 0.1) is 5.82 Å². The van der Waals surface area contributed by atoms with Crippen LogP contribution < -0.4 is 15.0 Å². The van der Waals surface area contributed by atoms with Crippen LogP contribution in [0.1, 0.15) is 31.7 Å². The molecular weight excluding hydrogens is 343 g/mol. The molecule has 5 heteroatoms. The fourth-order valence-electron chi connectivity index (χ4n) is 3.45. The number of para-hydroxylation sites is 2. The summed E-state index contributed by atoms with van der Waals surface area (Å²) in [5.41, 5.74) is 2.71. The van der Waals surface area contributed by atoms with Crippen molar-refractivity contribution in [3.63, 3.8) is 0 Å². The summed E-state index contributed by atoms with van der Waals surface area (Å²) in [6, 6.07) is 14.7. The molecule has 1 heterocycles. The first-order chi connectivity index (χ1) is 13.2. The van der Waals surface area contributed by atoms with Crippen molar-refractivity contribution in [2.24, 2.45) is 0 Å². The van der Waals surface area contributed by atoms with E-state index < -0.39 is 11.9 Å². The average Bonchev–Trinajstić information content (AvgIpc) is 2.70. The Morgan fingerprint density at radius 1 is 1.22 bits per heavy atom. The van der Waals surface area contributed by atoms with Crippen LogP contribution in [0.4, 0.5) is 10.1 Å². The second kappa shape index (κ2) is 9.40. The van der Waals surface area contributed by atoms with Crippen LogP contribution in [0.25, 0.3) is 0 Å². The molecule has 0 saturated carbocycles. The van der Waals surface area contributed by atoms with Crippen molar-refractivity contribution in [3.8, 4) is 5.75 Å². The number of amides is 1. The van der Waals surface area contributed by atoms with E-state index in [0.717, 1.165) is 32.4 Å². The van der Waals surface area contributed by atoms with Gasteiger partial charge in [0, 0.05) is 25.3 Å². The van der Waals surface area contributed by atoms with E-state index in [1.165, 1.54) is 17.3 Å². The lowest BCUT2D eigenvalue weighted by Gasteiger charge is -2.31. The number of carbonyl (C=O) groups excluding carboxylic acids is 1. The van der Waals surface area contributed by atoms with Crippen LogP contribution in [-0.4, -0.2) is 31.6 Å². The normalized spacial score (nSPS) is 14.4. The summed E-state index contributed by atoms with van der Waals surface area (Å²) in [6.45, 7) is 4.39. The monoisotopic (exact) mass is 370 g/mol. The number of hydrogen-bond acceptors (Lipinski definition) is 3. The average molecular weight is 370 g/mol. The van der Waals surface area contributed by atoms with Crippen molar-refractivity contribution in [3.05, 3.63) is 59.9 Å². The highest BCUT2D eigenvalue weighted by Gasteiger charge is 2.20. The van der Waals surface area contributed by atoms with Crippen molar-refractivity contribution in [1.82, 2.24) is 5.32 Å². The van der Waals surface area contributed by atoms with E-state index in [-0.39, 0.29) is 11.7 Å². The Labute approximate surface area is 160 Å². The Hall–Kier alpha value is -2.56. The summed E-state index contributed by atoms with van der Waals surface area (Å²) in [6.07, 6.45) is 2.96. The molecule has 1 atom stereocenters. The number of carbonyl (C=O) groups is 1. The van der Waals surface area contributed by atoms with Crippen molar-refractivity contribution in [2.75, 3.05) is 24.5 Å². The highest BCUT2D eigenvalue weighted by atomic mass is 19.1. The van der Waals surface area contributed by atoms with Gasteiger partial charge in [-0.3, -0.25) is 4.79 Å². The molecular formula is C22H27FN2O2. The predicted octanol–water partition coefficient (Wildman–Crippen LogP) is 3.94. The van der Waals surface area contributed by atoms with Gasteiger partial charge in [0.15, 0.2) is 17.7 Å². The van der Waals surface area contributed by atoms with Gasteiger partial charge in [0.2, 0.25) is 0 Å². The quantitative estimate of drug-likeness (QED) is 0.716. The number of rotatable bonds is 8. The van der Waals surface area contributed by atoms with Gasteiger partial charge in [-0.15, -0.1) is 0 Å². The van der Waals surface area contributed by atoms with Gasteiger partial charge in [0.25, 0.3) is 5.91 Å². The molecule has 1 amide bonds. The zero-order chi connectivity index (χ0) is 19.1. The number of halogens is 1. The van der Waals surface area contributed by atoms with Crippen molar-refractivity contribution < 1.29 is 13.9 Å². The first-order valence-electron chi connectivity index (χ1n) is 9.70. The first-order valence-corrected chi connectivity index (χ1v) is 9.70. The summed E-state index contributed by atoms with van der Waals surface area (Å²) in [7, 11) is 0. The Bertz CT molecular complexity index is 765. The predicted molar refractivity (Wildman–Crippen MR) is 106 cm³/mol. The topological polar surface area (TPSA) is 41.6 Å². The lowest BCUT2D eigenvalue weighted by molar-refractivity contribution is -0.128. The molecule has 1 aliphatic heterocycles. The molecule has 1 N–H and O–H groups in total. The standard InChI is InChI=1S/C22H27FN2O2/c1-2-20(27-21-13-6-4-11-18(21)23)22(26)24-14-8-16-25-15-7-10-17-9-3-5-12-19(17)25/h3-6,9,11-13,20H,2,7-8,10,14-16H2,1H3,(H,24,26). The highest BCUT2D eigenvalue weighted by Crippen LogP contribution is 2.26. The maximum atomic E-state index is 13.7. The summed E-state index contributed by atoms with van der Waals surface area (Å²) >= 11 is 0. The maximum absolute atomic E-state index is 13.7. The molecule has 0 aliphatic carbocycles. The van der Waals surface area contributed by atoms with E-state index >= 15 is 0 Å². The smallest absolute Gasteiger partial charge is 0.261 e. The lowest BCUT2D eigenvalue weighted by atomic mass is 10.0. The number of aryl methyl sites for hydroxylation is 1. The van der Waals surface area contributed by atoms with Gasteiger partial charge in [0.05, 0.1) is 0 Å². The largest absolute Gasteiger partial charge is 0.478 e. The molecule has 0 bridgehead atoms. The molecule has 27 heavy (non-hydrogen) atoms. The third kappa shape index (κ3) is 5.00. The molecule has 2 aromatic rings. The van der Waals surface area contributed by atoms with Crippen LogP contribution in [0.15, 0.2) is 48.5 Å². The van der Waals surface area contributed by atoms with Gasteiger partial charge in [0.1, 0.15) is 0 Å². The third-order valence-corrected chi connectivity index (χ3v) is 4.88. The van der Waals surface area contributed by atoms with Gasteiger partial charge >= 0.3 is 0 Å². The Morgan fingerprint density at radius 3 is 2.81 bits per heavy atom. The van der Waals surface area contributed by atoms with E-state index in [2.05, 4.69) is 34.5 Å². The van der Waals surface area contributed by atoms with Gasteiger partial charge in [-0.25, -0.2) is 4.39 Å². The minimum absolute atomic E-state index is 0.115. The number of ether oxygens (including phenoxy) is 1. The van der Waals surface area contributed by atoms with E-state index in [9.17, 15) is 9.18 Å². The minimum Gasteiger partial charge on any atom is -0.478 e. The number of hydrogen-bond donors (Lipinski definition) is 1. The van der Waals surface area contributed by atoms with Crippen LogP contribution in [0.3, 0.4) is 0 Å². The SMILES string of the molecule is CCC(Oc1ccccc1F)C(=O)NCCCN1CCCc2ccccc21. The summed E-state index contributed by atoms with van der Waals surface area (Å²) in [5, 5.41) is 2.92. The number of benzene rings is 2. The number of nitrogens with one attached hydrogen (secondary N) is 1. The third-order valence-electron chi connectivity index (χ3n) is 4.88. The number of anilines is 1. The first kappa shape index (κ1) is 19.2. The van der Waals surface area contributed by atoms with E-state index in [1.54, 1.807) is 18.2 Å². The zero-order valence-corrected chi connectivity index (χ0v) is 15.8. The van der Waals surface area contributed by atoms with Gasteiger partial charge < -0.3 is 15.0 Å². The Morgan fingerprint density at radius 2 is 2.00 bits per heavy atom. The summed E-state index contributed by atoms with van der Waals surface area (Å²) in [5.74, 6) is -0.531. The van der Waals surface area contributed by atoms with Crippen LogP contribution >= 0.6 is 0 Å². The minimum atomic E-state index is -0.683. The molecule has 3 rings (SSSR count). The maximum Gasteiger partial charge on any atom is 0.261 e. The zero-order valence-electron chi connectivity index (χ0n) is 15.8. The fourth-order valence-corrected chi connectivity index (χ4v) is 3.45. The second-order valence-corrected chi connectivity index (χ2v) is 6.81. The second-order valence-electron chi connectivity index (χ2n) is 6.81. The van der Waals surface area contributed by atoms with Crippen LogP contribution in [-0.2, 0) is 11.2 Å². The highest BCUT2D eigenvalue weighted by molar-refractivity contribution is 5.81. The molecule has 0 saturated heterocycles. The van der Waals surface area contributed by atoms with Crippen LogP contribution in [0.5, 0.6) is 5.75 Å². The van der Waals surface area contributed by atoms with Gasteiger partial charge in [-0.05, 0) is 49.4 Å². The molecule has 1 unspecified atom stereocenters. The fraction of sp³-hybridized carbons (Fsp3) is 0.409. The molecule has 0 radical (unpaired) electrons. The van der Waals surface area contributed by atoms with E-state index in [1.807, 2.05) is 6.92 Å². The molecule has 0 fully saturated rings. The van der Waals surface area contributed by atoms with Crippen molar-refractivity contribution in [1.29, 1.82) is 0 Å². The van der Waals surface area contributed by atoms with E-state index in [0.29, 0.717) is 13.0 Å². The van der Waals surface area contributed by atoms with Gasteiger partial charge in [-0.1, -0.05) is 37.3 Å². The molecule has 0 aromatic heterocycles.